The van der Waals surface area contributed by atoms with Crippen LogP contribution in [0.15, 0.2) is 43.0 Å². The van der Waals surface area contributed by atoms with Gasteiger partial charge in [0, 0.05) is 12.5 Å². The maximum atomic E-state index is 11.8. The Morgan fingerprint density at radius 3 is 2.74 bits per heavy atom. The van der Waals surface area contributed by atoms with Crippen LogP contribution >= 0.6 is 0 Å². The molecule has 2 rings (SSSR count). The zero-order valence-corrected chi connectivity index (χ0v) is 10.4. The van der Waals surface area contributed by atoms with E-state index in [9.17, 15) is 14.7 Å². The van der Waals surface area contributed by atoms with Gasteiger partial charge in [-0.2, -0.15) is 0 Å². The second-order valence-electron chi connectivity index (χ2n) is 4.33. The quantitative estimate of drug-likeness (QED) is 0.833. The molecule has 2 amide bonds. The molecule has 0 spiro atoms. The summed E-state index contributed by atoms with van der Waals surface area (Å²) in [6, 6.07) is 9.17. The molecule has 0 aromatic heterocycles. The average Bonchev–Trinajstić information content (AvgIpc) is 2.73. The summed E-state index contributed by atoms with van der Waals surface area (Å²) in [5.74, 6) is -1.07. The van der Waals surface area contributed by atoms with E-state index in [0.717, 1.165) is 10.5 Å². The van der Waals surface area contributed by atoms with Crippen molar-refractivity contribution in [2.24, 2.45) is 5.92 Å². The number of aliphatic hydroxyl groups is 1. The number of hydrogen-bond donors (Lipinski definition) is 1. The molecule has 1 fully saturated rings. The van der Waals surface area contributed by atoms with E-state index in [0.29, 0.717) is 0 Å². The van der Waals surface area contributed by atoms with Crippen LogP contribution in [0.5, 0.6) is 0 Å². The van der Waals surface area contributed by atoms with Crippen LogP contribution in [0.2, 0.25) is 0 Å². The fraction of sp³-hybridized carbons (Fsp3) is 0.286. The van der Waals surface area contributed by atoms with E-state index in [2.05, 4.69) is 6.58 Å². The zero-order valence-electron chi connectivity index (χ0n) is 10.4. The Hall–Kier alpha value is -2.14. The predicted molar refractivity (Wildman–Crippen MR) is 68.0 cm³/mol. The Balaban J connectivity index is 1.94. The smallest absolute Gasteiger partial charge is 0.416 e. The molecule has 1 aliphatic rings. The Bertz CT molecular complexity index is 485. The van der Waals surface area contributed by atoms with Gasteiger partial charge in [0.25, 0.3) is 5.91 Å². The molecule has 1 aromatic carbocycles. The lowest BCUT2D eigenvalue weighted by atomic mass is 10.1. The average molecular weight is 261 g/mol. The van der Waals surface area contributed by atoms with Crippen molar-refractivity contribution in [3.63, 3.8) is 0 Å². The number of carbonyl (C=O) groups is 2. The number of imide groups is 1. The molecule has 5 heteroatoms. The van der Waals surface area contributed by atoms with Gasteiger partial charge in [0.15, 0.2) is 0 Å². The van der Waals surface area contributed by atoms with Crippen LogP contribution in [0, 0.1) is 5.92 Å². The third kappa shape index (κ3) is 2.82. The number of rotatable bonds is 3. The number of nitrogens with zero attached hydrogens (tertiary/aromatic N) is 1. The standard InChI is InChI=1S/C14H15NO4/c1-2-11-8-15(13(17)12(11)16)14(18)19-9-10-6-4-3-5-7-10/h2-7,11-12,16H,1,8-9H2. The van der Waals surface area contributed by atoms with Crippen molar-refractivity contribution in [3.05, 3.63) is 48.6 Å². The Labute approximate surface area is 111 Å². The summed E-state index contributed by atoms with van der Waals surface area (Å²) in [5, 5.41) is 9.59. The topological polar surface area (TPSA) is 66.8 Å². The monoisotopic (exact) mass is 261 g/mol. The summed E-state index contributed by atoms with van der Waals surface area (Å²) in [4.78, 5) is 24.3. The second kappa shape index (κ2) is 5.67. The molecule has 100 valence electrons. The summed E-state index contributed by atoms with van der Waals surface area (Å²) >= 11 is 0. The van der Waals surface area contributed by atoms with Gasteiger partial charge in [-0.1, -0.05) is 36.4 Å². The van der Waals surface area contributed by atoms with Gasteiger partial charge in [0.1, 0.15) is 12.7 Å². The van der Waals surface area contributed by atoms with Crippen molar-refractivity contribution in [1.82, 2.24) is 4.90 Å². The summed E-state index contributed by atoms with van der Waals surface area (Å²) in [6.07, 6.45) is -0.480. The van der Waals surface area contributed by atoms with Gasteiger partial charge in [-0.15, -0.1) is 6.58 Å². The maximum Gasteiger partial charge on any atom is 0.416 e. The molecule has 0 bridgehead atoms. The van der Waals surface area contributed by atoms with E-state index in [1.165, 1.54) is 6.08 Å². The first-order valence-corrected chi connectivity index (χ1v) is 5.96. The van der Waals surface area contributed by atoms with E-state index >= 15 is 0 Å². The molecular formula is C14H15NO4. The van der Waals surface area contributed by atoms with Gasteiger partial charge in [0.05, 0.1) is 0 Å². The van der Waals surface area contributed by atoms with E-state index in [-0.39, 0.29) is 13.2 Å². The number of amides is 2. The molecule has 1 aromatic rings. The molecule has 0 aliphatic carbocycles. The SMILES string of the molecule is C=CC1CN(C(=O)OCc2ccccc2)C(=O)C1O. The van der Waals surface area contributed by atoms with Gasteiger partial charge < -0.3 is 9.84 Å². The summed E-state index contributed by atoms with van der Waals surface area (Å²) in [5.41, 5.74) is 0.836. The minimum atomic E-state index is -1.21. The van der Waals surface area contributed by atoms with Crippen LogP contribution in [0.1, 0.15) is 5.56 Å². The van der Waals surface area contributed by atoms with Crippen molar-refractivity contribution < 1.29 is 19.4 Å². The molecule has 19 heavy (non-hydrogen) atoms. The van der Waals surface area contributed by atoms with Crippen LogP contribution in [0.25, 0.3) is 0 Å². The third-order valence-electron chi connectivity index (χ3n) is 3.05. The summed E-state index contributed by atoms with van der Waals surface area (Å²) in [6.45, 7) is 3.73. The number of benzene rings is 1. The molecule has 2 atom stereocenters. The molecular weight excluding hydrogens is 246 g/mol. The van der Waals surface area contributed by atoms with E-state index in [1.807, 2.05) is 30.3 Å². The Morgan fingerprint density at radius 1 is 1.47 bits per heavy atom. The minimum Gasteiger partial charge on any atom is -0.444 e. The lowest BCUT2D eigenvalue weighted by Gasteiger charge is -2.13. The molecule has 1 heterocycles. The number of ether oxygens (including phenoxy) is 1. The fourth-order valence-corrected chi connectivity index (χ4v) is 1.91. The lowest BCUT2D eigenvalue weighted by molar-refractivity contribution is -0.133. The number of hydrogen-bond acceptors (Lipinski definition) is 4. The van der Waals surface area contributed by atoms with Gasteiger partial charge in [-0.25, -0.2) is 9.69 Å². The first-order valence-electron chi connectivity index (χ1n) is 5.96. The van der Waals surface area contributed by atoms with Crippen molar-refractivity contribution in [2.45, 2.75) is 12.7 Å². The highest BCUT2D eigenvalue weighted by Crippen LogP contribution is 2.20. The van der Waals surface area contributed by atoms with Crippen LogP contribution in [0.3, 0.4) is 0 Å². The Kier molecular flexibility index (Phi) is 3.97. The van der Waals surface area contributed by atoms with E-state index in [4.69, 9.17) is 4.74 Å². The van der Waals surface area contributed by atoms with Gasteiger partial charge in [-0.3, -0.25) is 4.79 Å². The maximum absolute atomic E-state index is 11.8. The summed E-state index contributed by atoms with van der Waals surface area (Å²) < 4.78 is 5.04. The van der Waals surface area contributed by atoms with Crippen LogP contribution in [-0.4, -0.2) is 34.7 Å². The largest absolute Gasteiger partial charge is 0.444 e. The highest BCUT2D eigenvalue weighted by atomic mass is 16.6. The third-order valence-corrected chi connectivity index (χ3v) is 3.05. The van der Waals surface area contributed by atoms with Crippen molar-refractivity contribution in [1.29, 1.82) is 0 Å². The molecule has 1 saturated heterocycles. The number of aliphatic hydroxyl groups excluding tert-OH is 1. The number of carbonyl (C=O) groups excluding carboxylic acids is 2. The van der Waals surface area contributed by atoms with Crippen molar-refractivity contribution in [2.75, 3.05) is 6.54 Å². The minimum absolute atomic E-state index is 0.0955. The second-order valence-corrected chi connectivity index (χ2v) is 4.33. The lowest BCUT2D eigenvalue weighted by Crippen LogP contribution is -2.35. The molecule has 5 nitrogen and oxygen atoms in total. The van der Waals surface area contributed by atoms with E-state index in [1.54, 1.807) is 0 Å². The fourth-order valence-electron chi connectivity index (χ4n) is 1.91. The van der Waals surface area contributed by atoms with Gasteiger partial charge in [0.2, 0.25) is 0 Å². The molecule has 2 unspecified atom stereocenters. The highest BCUT2D eigenvalue weighted by molar-refractivity contribution is 5.96. The normalized spacial score (nSPS) is 22.4. The van der Waals surface area contributed by atoms with Crippen molar-refractivity contribution in [3.8, 4) is 0 Å². The Morgan fingerprint density at radius 2 is 2.16 bits per heavy atom. The van der Waals surface area contributed by atoms with Crippen LogP contribution in [0.4, 0.5) is 4.79 Å². The van der Waals surface area contributed by atoms with Crippen LogP contribution in [-0.2, 0) is 16.1 Å². The highest BCUT2D eigenvalue weighted by Gasteiger charge is 2.41. The first-order chi connectivity index (χ1) is 9.13. The molecule has 0 radical (unpaired) electrons. The molecule has 1 N–H and O–H groups in total. The van der Waals surface area contributed by atoms with E-state index < -0.39 is 24.0 Å². The number of likely N-dealkylation sites (tertiary alicyclic amines) is 1. The van der Waals surface area contributed by atoms with Crippen LogP contribution < -0.4 is 0 Å². The molecule has 0 saturated carbocycles. The predicted octanol–water partition coefficient (Wildman–Crippen LogP) is 1.33. The first kappa shape index (κ1) is 13.3. The van der Waals surface area contributed by atoms with Crippen molar-refractivity contribution >= 4 is 12.0 Å². The van der Waals surface area contributed by atoms with Gasteiger partial charge >= 0.3 is 6.09 Å². The molecule has 1 aliphatic heterocycles. The zero-order chi connectivity index (χ0) is 13.8. The van der Waals surface area contributed by atoms with Gasteiger partial charge in [-0.05, 0) is 5.56 Å². The summed E-state index contributed by atoms with van der Waals surface area (Å²) in [7, 11) is 0.